The second-order valence-electron chi connectivity index (χ2n) is 4.03. The number of hydrogen-bond acceptors (Lipinski definition) is 3. The van der Waals surface area contributed by atoms with Gasteiger partial charge in [-0.15, -0.1) is 11.3 Å². The van der Waals surface area contributed by atoms with Crippen LogP contribution >= 0.6 is 11.3 Å². The number of rotatable bonds is 4. The fourth-order valence-corrected chi connectivity index (χ4v) is 2.45. The van der Waals surface area contributed by atoms with Gasteiger partial charge in [-0.2, -0.15) is 0 Å². The van der Waals surface area contributed by atoms with Gasteiger partial charge in [0.15, 0.2) is 0 Å². The zero-order valence-corrected chi connectivity index (χ0v) is 11.0. The van der Waals surface area contributed by atoms with Gasteiger partial charge in [0.2, 0.25) is 0 Å². The van der Waals surface area contributed by atoms with E-state index in [1.807, 2.05) is 36.5 Å². The van der Waals surface area contributed by atoms with Crippen LogP contribution in [0.15, 0.2) is 30.3 Å². The van der Waals surface area contributed by atoms with Crippen LogP contribution in [0.25, 0.3) is 0 Å². The van der Waals surface area contributed by atoms with Crippen molar-refractivity contribution in [1.82, 2.24) is 0 Å². The van der Waals surface area contributed by atoms with Crippen LogP contribution in [0.1, 0.15) is 22.2 Å². The van der Waals surface area contributed by atoms with Crippen LogP contribution in [0.4, 0.5) is 5.69 Å². The summed E-state index contributed by atoms with van der Waals surface area (Å²) in [5.41, 5.74) is 7.63. The van der Waals surface area contributed by atoms with Crippen LogP contribution in [0, 0.1) is 6.92 Å². The van der Waals surface area contributed by atoms with Crippen LogP contribution in [0.2, 0.25) is 0 Å². The Labute approximate surface area is 106 Å². The molecule has 0 aliphatic heterocycles. The summed E-state index contributed by atoms with van der Waals surface area (Å²) in [6, 6.07) is 10.1. The molecule has 2 rings (SSSR count). The Hall–Kier alpha value is -1.48. The molecule has 0 spiro atoms. The number of aryl methyl sites for hydroxylation is 2. The van der Waals surface area contributed by atoms with E-state index in [2.05, 4.69) is 19.1 Å². The lowest BCUT2D eigenvalue weighted by Crippen LogP contribution is -1.95. The zero-order chi connectivity index (χ0) is 12.3. The Morgan fingerprint density at radius 2 is 1.94 bits per heavy atom. The van der Waals surface area contributed by atoms with Crippen molar-refractivity contribution in [1.29, 1.82) is 0 Å². The molecule has 3 heteroatoms. The van der Waals surface area contributed by atoms with Gasteiger partial charge in [0.25, 0.3) is 0 Å². The molecule has 0 saturated heterocycles. The van der Waals surface area contributed by atoms with Gasteiger partial charge in [0.05, 0.1) is 0 Å². The molecular formula is C14H17NOS. The third-order valence-electron chi connectivity index (χ3n) is 2.69. The van der Waals surface area contributed by atoms with E-state index >= 15 is 0 Å². The molecule has 17 heavy (non-hydrogen) atoms. The number of thiophene rings is 1. The Morgan fingerprint density at radius 3 is 2.59 bits per heavy atom. The molecule has 0 saturated carbocycles. The molecule has 0 fully saturated rings. The topological polar surface area (TPSA) is 35.2 Å². The van der Waals surface area contributed by atoms with Crippen LogP contribution in [-0.2, 0) is 13.0 Å². The van der Waals surface area contributed by atoms with Crippen LogP contribution in [-0.4, -0.2) is 0 Å². The number of hydrogen-bond donors (Lipinski definition) is 1. The predicted octanol–water partition coefficient (Wildman–Crippen LogP) is 3.78. The number of nitrogens with two attached hydrogens (primary N) is 1. The average Bonchev–Trinajstić information content (AvgIpc) is 2.79. The van der Waals surface area contributed by atoms with E-state index in [0.29, 0.717) is 6.61 Å². The summed E-state index contributed by atoms with van der Waals surface area (Å²) >= 11 is 1.81. The Kier molecular flexibility index (Phi) is 3.69. The Morgan fingerprint density at radius 1 is 1.18 bits per heavy atom. The van der Waals surface area contributed by atoms with Crippen LogP contribution < -0.4 is 10.5 Å². The first-order valence-corrected chi connectivity index (χ1v) is 6.57. The highest BCUT2D eigenvalue weighted by Gasteiger charge is 2.01. The lowest BCUT2D eigenvalue weighted by Gasteiger charge is -2.06. The quantitative estimate of drug-likeness (QED) is 0.834. The first kappa shape index (κ1) is 12.0. The molecule has 1 heterocycles. The molecule has 0 amide bonds. The Balaban J connectivity index is 1.99. The fraction of sp³-hybridized carbons (Fsp3) is 0.286. The van der Waals surface area contributed by atoms with Crippen LogP contribution in [0.3, 0.4) is 0 Å². The molecule has 1 aromatic heterocycles. The van der Waals surface area contributed by atoms with Gasteiger partial charge in [0.1, 0.15) is 12.4 Å². The van der Waals surface area contributed by atoms with Crippen molar-refractivity contribution in [2.24, 2.45) is 0 Å². The highest BCUT2D eigenvalue weighted by Crippen LogP contribution is 2.22. The standard InChI is InChI=1S/C14H17NOS/c1-3-12-5-6-13(17-12)9-16-11-4-7-14(15)10(2)8-11/h4-8H,3,9,15H2,1-2H3. The first-order chi connectivity index (χ1) is 8.19. The summed E-state index contributed by atoms with van der Waals surface area (Å²) in [6.45, 7) is 4.79. The Bertz CT molecular complexity index is 505. The van der Waals surface area contributed by atoms with Crippen molar-refractivity contribution in [3.8, 4) is 5.75 Å². The summed E-state index contributed by atoms with van der Waals surface area (Å²) in [5, 5.41) is 0. The van der Waals surface area contributed by atoms with E-state index in [9.17, 15) is 0 Å². The molecule has 90 valence electrons. The third kappa shape index (κ3) is 3.01. The number of nitrogen functional groups attached to an aromatic ring is 1. The van der Waals surface area contributed by atoms with E-state index in [1.54, 1.807) is 0 Å². The summed E-state index contributed by atoms with van der Waals surface area (Å²) in [6.07, 6.45) is 1.09. The number of benzene rings is 1. The summed E-state index contributed by atoms with van der Waals surface area (Å²) in [4.78, 5) is 2.66. The van der Waals surface area contributed by atoms with Crippen molar-refractivity contribution >= 4 is 17.0 Å². The summed E-state index contributed by atoms with van der Waals surface area (Å²) in [5.74, 6) is 0.878. The average molecular weight is 247 g/mol. The van der Waals surface area contributed by atoms with Gasteiger partial charge in [-0.3, -0.25) is 0 Å². The summed E-state index contributed by atoms with van der Waals surface area (Å²) in [7, 11) is 0. The fourth-order valence-electron chi connectivity index (χ4n) is 1.58. The zero-order valence-electron chi connectivity index (χ0n) is 10.2. The molecular weight excluding hydrogens is 230 g/mol. The van der Waals surface area contributed by atoms with Gasteiger partial charge in [-0.1, -0.05) is 6.92 Å². The second-order valence-corrected chi connectivity index (χ2v) is 5.28. The van der Waals surface area contributed by atoms with Gasteiger partial charge in [-0.05, 0) is 49.2 Å². The molecule has 0 atom stereocenters. The van der Waals surface area contributed by atoms with E-state index in [0.717, 1.165) is 23.4 Å². The SMILES string of the molecule is CCc1ccc(COc2ccc(N)c(C)c2)s1. The minimum atomic E-state index is 0.633. The molecule has 2 nitrogen and oxygen atoms in total. The minimum absolute atomic E-state index is 0.633. The van der Waals surface area contributed by atoms with Gasteiger partial charge in [0, 0.05) is 15.4 Å². The highest BCUT2D eigenvalue weighted by molar-refractivity contribution is 7.11. The summed E-state index contributed by atoms with van der Waals surface area (Å²) < 4.78 is 5.74. The molecule has 0 unspecified atom stereocenters. The van der Waals surface area contributed by atoms with E-state index in [4.69, 9.17) is 10.5 Å². The molecule has 0 bridgehead atoms. The largest absolute Gasteiger partial charge is 0.488 e. The van der Waals surface area contributed by atoms with E-state index < -0.39 is 0 Å². The highest BCUT2D eigenvalue weighted by atomic mass is 32.1. The smallest absolute Gasteiger partial charge is 0.122 e. The third-order valence-corrected chi connectivity index (χ3v) is 3.89. The number of ether oxygens (including phenoxy) is 1. The molecule has 0 radical (unpaired) electrons. The lowest BCUT2D eigenvalue weighted by atomic mass is 10.2. The van der Waals surface area contributed by atoms with Gasteiger partial charge in [-0.25, -0.2) is 0 Å². The van der Waals surface area contributed by atoms with Crippen molar-refractivity contribution < 1.29 is 4.74 Å². The molecule has 2 aromatic rings. The molecule has 1 aromatic carbocycles. The van der Waals surface area contributed by atoms with E-state index in [1.165, 1.54) is 9.75 Å². The van der Waals surface area contributed by atoms with Crippen molar-refractivity contribution in [3.05, 3.63) is 45.6 Å². The van der Waals surface area contributed by atoms with Crippen LogP contribution in [0.5, 0.6) is 5.75 Å². The van der Waals surface area contributed by atoms with Gasteiger partial charge >= 0.3 is 0 Å². The van der Waals surface area contributed by atoms with Crippen molar-refractivity contribution in [2.45, 2.75) is 26.9 Å². The lowest BCUT2D eigenvalue weighted by molar-refractivity contribution is 0.309. The van der Waals surface area contributed by atoms with Crippen molar-refractivity contribution in [2.75, 3.05) is 5.73 Å². The minimum Gasteiger partial charge on any atom is -0.488 e. The maximum absolute atomic E-state index is 5.76. The maximum Gasteiger partial charge on any atom is 0.122 e. The predicted molar refractivity (Wildman–Crippen MR) is 73.6 cm³/mol. The first-order valence-electron chi connectivity index (χ1n) is 5.75. The normalized spacial score (nSPS) is 10.5. The monoisotopic (exact) mass is 247 g/mol. The second kappa shape index (κ2) is 5.23. The van der Waals surface area contributed by atoms with Crippen molar-refractivity contribution in [3.63, 3.8) is 0 Å². The van der Waals surface area contributed by atoms with Gasteiger partial charge < -0.3 is 10.5 Å². The molecule has 2 N–H and O–H groups in total. The number of anilines is 1. The maximum atomic E-state index is 5.76. The molecule has 0 aliphatic carbocycles. The van der Waals surface area contributed by atoms with E-state index in [-0.39, 0.29) is 0 Å². The molecule has 0 aliphatic rings.